The number of nitrogens with one attached hydrogen (secondary N) is 2. The van der Waals surface area contributed by atoms with Crippen molar-refractivity contribution in [1.29, 1.82) is 0 Å². The fraction of sp³-hybridized carbons (Fsp3) is 0.364. The summed E-state index contributed by atoms with van der Waals surface area (Å²) in [6.07, 6.45) is 1.28. The van der Waals surface area contributed by atoms with Crippen molar-refractivity contribution in [3.63, 3.8) is 0 Å². The van der Waals surface area contributed by atoms with Crippen LogP contribution in [0.4, 0.5) is 4.79 Å². The van der Waals surface area contributed by atoms with Gasteiger partial charge in [0.15, 0.2) is 6.04 Å². The van der Waals surface area contributed by atoms with Crippen LogP contribution in [0.2, 0.25) is 0 Å². The van der Waals surface area contributed by atoms with Crippen molar-refractivity contribution in [2.75, 3.05) is 6.61 Å². The monoisotopic (exact) mass is 556 g/mol. The van der Waals surface area contributed by atoms with Gasteiger partial charge in [-0.25, -0.2) is 9.59 Å². The van der Waals surface area contributed by atoms with Crippen molar-refractivity contribution >= 4 is 18.0 Å². The van der Waals surface area contributed by atoms with Crippen LogP contribution in [0.5, 0.6) is 0 Å². The van der Waals surface area contributed by atoms with Crippen molar-refractivity contribution in [3.8, 4) is 11.1 Å². The number of hydrogen-bond donors (Lipinski definition) is 3. The Balaban J connectivity index is 1.12. The first-order chi connectivity index (χ1) is 19.9. The highest BCUT2D eigenvalue weighted by Crippen LogP contribution is 2.44. The van der Waals surface area contributed by atoms with Gasteiger partial charge in [-0.05, 0) is 54.0 Å². The maximum absolute atomic E-state index is 13.1. The molecule has 5 rings (SSSR count). The van der Waals surface area contributed by atoms with E-state index in [1.807, 2.05) is 54.6 Å². The summed E-state index contributed by atoms with van der Waals surface area (Å²) in [6, 6.07) is 24.4. The molecule has 3 N–H and O–H groups in total. The Hall–Kier alpha value is -4.17. The van der Waals surface area contributed by atoms with E-state index in [-0.39, 0.29) is 31.1 Å². The zero-order chi connectivity index (χ0) is 28.8. The topological polar surface area (TPSA) is 114 Å². The van der Waals surface area contributed by atoms with Gasteiger partial charge in [0.25, 0.3) is 0 Å². The third-order valence-electron chi connectivity index (χ3n) is 8.10. The van der Waals surface area contributed by atoms with E-state index in [2.05, 4.69) is 34.9 Å². The lowest BCUT2D eigenvalue weighted by Gasteiger charge is -2.30. The van der Waals surface area contributed by atoms with E-state index in [9.17, 15) is 19.5 Å². The lowest BCUT2D eigenvalue weighted by molar-refractivity contribution is -0.147. The van der Waals surface area contributed by atoms with Gasteiger partial charge in [-0.1, -0.05) is 85.3 Å². The first-order valence-corrected chi connectivity index (χ1v) is 14.2. The maximum Gasteiger partial charge on any atom is 0.407 e. The summed E-state index contributed by atoms with van der Waals surface area (Å²) in [4.78, 5) is 37.8. The fourth-order valence-corrected chi connectivity index (χ4v) is 5.91. The minimum Gasteiger partial charge on any atom is -0.480 e. The minimum absolute atomic E-state index is 0.0305. The summed E-state index contributed by atoms with van der Waals surface area (Å²) in [5.41, 5.74) is 5.54. The number of carbonyl (C=O) groups is 3. The van der Waals surface area contributed by atoms with Crippen molar-refractivity contribution in [1.82, 2.24) is 10.6 Å². The number of carboxylic acids is 1. The molecule has 8 heteroatoms. The van der Waals surface area contributed by atoms with Gasteiger partial charge in [0, 0.05) is 17.9 Å². The fourth-order valence-electron chi connectivity index (χ4n) is 5.91. The molecule has 0 aromatic heterocycles. The highest BCUT2D eigenvalue weighted by Gasteiger charge is 2.34. The standard InChI is InChI=1S/C33H36N2O6/c1-21(40-19-22-10-3-2-4-11-22)30(32(37)38)35-31(36)23-12-9-13-24(18-23)34-33(39)41-20-29-27-16-7-5-14-25(27)26-15-6-8-17-28(26)29/h2-8,10-11,14-17,21,23-24,29-30H,9,12-13,18-20H2,1H3,(H,34,39)(H,35,36)(H,37,38)/t21-,23-,24+,30+/m1/s1. The average molecular weight is 557 g/mol. The molecule has 3 aromatic rings. The van der Waals surface area contributed by atoms with Gasteiger partial charge in [0.1, 0.15) is 6.61 Å². The minimum atomic E-state index is -1.18. The van der Waals surface area contributed by atoms with Crippen LogP contribution in [0.25, 0.3) is 11.1 Å². The third-order valence-corrected chi connectivity index (χ3v) is 8.10. The molecule has 0 saturated heterocycles. The van der Waals surface area contributed by atoms with Crippen molar-refractivity contribution < 1.29 is 29.0 Å². The predicted molar refractivity (Wildman–Crippen MR) is 154 cm³/mol. The quantitative estimate of drug-likeness (QED) is 0.314. The van der Waals surface area contributed by atoms with Crippen LogP contribution in [-0.2, 0) is 25.7 Å². The maximum atomic E-state index is 13.1. The van der Waals surface area contributed by atoms with E-state index < -0.39 is 30.1 Å². The van der Waals surface area contributed by atoms with Gasteiger partial charge < -0.3 is 25.2 Å². The summed E-state index contributed by atoms with van der Waals surface area (Å²) in [6.45, 7) is 2.11. The zero-order valence-electron chi connectivity index (χ0n) is 23.1. The summed E-state index contributed by atoms with van der Waals surface area (Å²) >= 11 is 0. The Morgan fingerprint density at radius 2 is 1.54 bits per heavy atom. The van der Waals surface area contributed by atoms with E-state index in [1.54, 1.807) is 6.92 Å². The molecule has 0 radical (unpaired) electrons. The normalized spacial score (nSPS) is 19.3. The SMILES string of the molecule is C[C@@H](OCc1ccccc1)[C@H](NC(=O)[C@@H]1CCC[C@H](NC(=O)OCC2c3ccccc3-c3ccccc32)C1)C(=O)O. The predicted octanol–water partition coefficient (Wildman–Crippen LogP) is 5.26. The second kappa shape index (κ2) is 13.0. The lowest BCUT2D eigenvalue weighted by atomic mass is 9.85. The molecule has 4 atom stereocenters. The van der Waals surface area contributed by atoms with Crippen molar-refractivity contribution in [3.05, 3.63) is 95.6 Å². The molecule has 0 aliphatic heterocycles. The summed E-state index contributed by atoms with van der Waals surface area (Å²) in [5.74, 6) is -1.93. The van der Waals surface area contributed by atoms with Crippen LogP contribution in [0.3, 0.4) is 0 Å². The molecule has 8 nitrogen and oxygen atoms in total. The summed E-state index contributed by atoms with van der Waals surface area (Å²) in [5, 5.41) is 15.4. The number of carboxylic acid groups (broad SMARTS) is 1. The number of hydrogen-bond acceptors (Lipinski definition) is 5. The Morgan fingerprint density at radius 3 is 2.20 bits per heavy atom. The molecule has 2 aliphatic carbocycles. The molecule has 0 bridgehead atoms. The summed E-state index contributed by atoms with van der Waals surface area (Å²) in [7, 11) is 0. The van der Waals surface area contributed by atoms with Gasteiger partial charge in [-0.15, -0.1) is 0 Å². The first kappa shape index (κ1) is 28.4. The number of ether oxygens (including phenoxy) is 2. The average Bonchev–Trinajstić information content (AvgIpc) is 3.31. The van der Waals surface area contributed by atoms with E-state index in [4.69, 9.17) is 9.47 Å². The number of aliphatic carboxylic acids is 1. The molecule has 2 aliphatic rings. The Morgan fingerprint density at radius 1 is 0.902 bits per heavy atom. The van der Waals surface area contributed by atoms with E-state index in [0.29, 0.717) is 12.8 Å². The molecule has 2 amide bonds. The molecule has 0 unspecified atom stereocenters. The Kier molecular flexibility index (Phi) is 8.99. The Bertz CT molecular complexity index is 1330. The van der Waals surface area contributed by atoms with Crippen LogP contribution in [0.15, 0.2) is 78.9 Å². The molecule has 214 valence electrons. The molecular formula is C33H36N2O6. The van der Waals surface area contributed by atoms with Gasteiger partial charge in [-0.3, -0.25) is 4.79 Å². The van der Waals surface area contributed by atoms with E-state index >= 15 is 0 Å². The summed E-state index contributed by atoms with van der Waals surface area (Å²) < 4.78 is 11.4. The number of carbonyl (C=O) groups excluding carboxylic acids is 2. The molecule has 3 aromatic carbocycles. The molecule has 1 fully saturated rings. The van der Waals surface area contributed by atoms with Crippen LogP contribution in [0, 0.1) is 5.92 Å². The smallest absolute Gasteiger partial charge is 0.407 e. The highest BCUT2D eigenvalue weighted by molar-refractivity contribution is 5.85. The number of rotatable bonds is 10. The van der Waals surface area contributed by atoms with Crippen LogP contribution in [-0.4, -0.2) is 47.9 Å². The van der Waals surface area contributed by atoms with Crippen LogP contribution >= 0.6 is 0 Å². The van der Waals surface area contributed by atoms with E-state index in [0.717, 1.165) is 40.7 Å². The second-order valence-electron chi connectivity index (χ2n) is 10.9. The molecule has 0 spiro atoms. The molecule has 0 heterocycles. The van der Waals surface area contributed by atoms with Gasteiger partial charge in [0.2, 0.25) is 5.91 Å². The highest BCUT2D eigenvalue weighted by atomic mass is 16.5. The van der Waals surface area contributed by atoms with Crippen molar-refractivity contribution in [2.24, 2.45) is 5.92 Å². The van der Waals surface area contributed by atoms with Crippen LogP contribution in [0.1, 0.15) is 55.2 Å². The number of fused-ring (bicyclic) bond motifs is 3. The number of alkyl carbamates (subject to hydrolysis) is 1. The molecular weight excluding hydrogens is 520 g/mol. The zero-order valence-corrected chi connectivity index (χ0v) is 23.1. The van der Waals surface area contributed by atoms with E-state index in [1.165, 1.54) is 0 Å². The molecule has 41 heavy (non-hydrogen) atoms. The van der Waals surface area contributed by atoms with Gasteiger partial charge >= 0.3 is 12.1 Å². The second-order valence-corrected chi connectivity index (χ2v) is 10.9. The number of amides is 2. The van der Waals surface area contributed by atoms with Crippen molar-refractivity contribution in [2.45, 2.75) is 63.3 Å². The largest absolute Gasteiger partial charge is 0.480 e. The Labute approximate surface area is 240 Å². The lowest BCUT2D eigenvalue weighted by Crippen LogP contribution is -2.51. The van der Waals surface area contributed by atoms with Gasteiger partial charge in [-0.2, -0.15) is 0 Å². The number of benzene rings is 3. The van der Waals surface area contributed by atoms with Gasteiger partial charge in [0.05, 0.1) is 12.7 Å². The first-order valence-electron chi connectivity index (χ1n) is 14.2. The third kappa shape index (κ3) is 6.77. The molecule has 1 saturated carbocycles. The van der Waals surface area contributed by atoms with Crippen LogP contribution < -0.4 is 10.6 Å².